The first kappa shape index (κ1) is 26.7. The van der Waals surface area contributed by atoms with Crippen molar-refractivity contribution in [2.75, 3.05) is 27.4 Å². The Bertz CT molecular complexity index is 1750. The first-order chi connectivity index (χ1) is 18.9. The van der Waals surface area contributed by atoms with Crippen LogP contribution in [0.5, 0.6) is 5.75 Å². The van der Waals surface area contributed by atoms with Crippen molar-refractivity contribution >= 4 is 35.0 Å². The molecule has 2 aromatic carbocycles. The molecule has 200 valence electrons. The Morgan fingerprint density at radius 1 is 1.13 bits per heavy atom. The van der Waals surface area contributed by atoms with Gasteiger partial charge in [0.2, 0.25) is 0 Å². The Kier molecular flexibility index (Phi) is 7.83. The molecule has 3 heterocycles. The number of hydrogen-bond donors (Lipinski definition) is 0. The molecule has 4 aromatic rings. The van der Waals surface area contributed by atoms with E-state index in [9.17, 15) is 9.59 Å². The summed E-state index contributed by atoms with van der Waals surface area (Å²) in [5, 5.41) is 0.599. The van der Waals surface area contributed by atoms with Gasteiger partial charge < -0.3 is 18.6 Å². The van der Waals surface area contributed by atoms with Crippen LogP contribution >= 0.6 is 22.9 Å². The molecule has 0 radical (unpaired) electrons. The van der Waals surface area contributed by atoms with Gasteiger partial charge in [-0.1, -0.05) is 53.3 Å². The van der Waals surface area contributed by atoms with Crippen molar-refractivity contribution < 1.29 is 23.4 Å². The second kappa shape index (κ2) is 11.4. The van der Waals surface area contributed by atoms with Crippen molar-refractivity contribution in [2.24, 2.45) is 4.99 Å². The summed E-state index contributed by atoms with van der Waals surface area (Å²) in [5.41, 5.74) is 1.87. The second-order valence-electron chi connectivity index (χ2n) is 8.66. The molecular formula is C29H25ClN2O6S. The summed E-state index contributed by atoms with van der Waals surface area (Å²) in [6, 6.07) is 17.4. The summed E-state index contributed by atoms with van der Waals surface area (Å²) in [6.45, 7) is 2.05. The smallest absolute Gasteiger partial charge is 0.338 e. The van der Waals surface area contributed by atoms with E-state index in [1.54, 1.807) is 44.4 Å². The van der Waals surface area contributed by atoms with Crippen molar-refractivity contribution in [3.05, 3.63) is 108 Å². The number of aromatic nitrogens is 1. The highest BCUT2D eigenvalue weighted by Crippen LogP contribution is 2.35. The molecule has 5 rings (SSSR count). The lowest BCUT2D eigenvalue weighted by atomic mass is 9.95. The Balaban J connectivity index is 1.63. The molecule has 1 atom stereocenters. The van der Waals surface area contributed by atoms with Crippen molar-refractivity contribution in [2.45, 2.75) is 13.0 Å². The third kappa shape index (κ3) is 5.34. The molecule has 0 N–H and O–H groups in total. The third-order valence-electron chi connectivity index (χ3n) is 6.20. The van der Waals surface area contributed by atoms with Gasteiger partial charge in [0.15, 0.2) is 4.80 Å². The summed E-state index contributed by atoms with van der Waals surface area (Å²) in [7, 11) is 3.07. The third-order valence-corrected chi connectivity index (χ3v) is 7.42. The minimum Gasteiger partial charge on any atom is -0.496 e. The number of esters is 1. The number of nitrogens with zero attached hydrogens (tertiary/aromatic N) is 2. The lowest BCUT2D eigenvalue weighted by Crippen LogP contribution is -2.40. The number of carbonyl (C=O) groups excluding carboxylic acids is 1. The zero-order chi connectivity index (χ0) is 27.5. The predicted molar refractivity (Wildman–Crippen MR) is 149 cm³/mol. The van der Waals surface area contributed by atoms with Gasteiger partial charge in [-0.2, -0.15) is 0 Å². The zero-order valence-electron chi connectivity index (χ0n) is 21.5. The highest BCUT2D eigenvalue weighted by atomic mass is 35.5. The number of allylic oxidation sites excluding steroid dienone is 1. The summed E-state index contributed by atoms with van der Waals surface area (Å²) >= 11 is 7.34. The maximum absolute atomic E-state index is 13.8. The first-order valence-corrected chi connectivity index (χ1v) is 13.3. The van der Waals surface area contributed by atoms with Crippen molar-refractivity contribution in [1.82, 2.24) is 4.57 Å². The van der Waals surface area contributed by atoms with Crippen LogP contribution in [-0.2, 0) is 14.3 Å². The molecule has 8 nitrogen and oxygen atoms in total. The predicted octanol–water partition coefficient (Wildman–Crippen LogP) is 4.35. The van der Waals surface area contributed by atoms with Crippen LogP contribution in [-0.4, -0.2) is 38.0 Å². The number of thiazole rings is 1. The van der Waals surface area contributed by atoms with Gasteiger partial charge in [0.05, 0.1) is 29.5 Å². The zero-order valence-corrected chi connectivity index (χ0v) is 23.0. The fourth-order valence-electron chi connectivity index (χ4n) is 4.42. The molecule has 1 unspecified atom stereocenters. The van der Waals surface area contributed by atoms with Crippen LogP contribution < -0.4 is 19.6 Å². The van der Waals surface area contributed by atoms with Gasteiger partial charge in [0.25, 0.3) is 5.56 Å². The number of carbonyl (C=O) groups is 1. The molecule has 0 amide bonds. The van der Waals surface area contributed by atoms with E-state index >= 15 is 0 Å². The van der Waals surface area contributed by atoms with E-state index in [0.29, 0.717) is 42.9 Å². The topological polar surface area (TPSA) is 92.3 Å². The standard InChI is InChI=1S/C29H25ClN2O6S/c1-17-25(28(34)37-14-13-35-2)26(21-9-4-5-10-23(21)36-3)32-27(33)24(39-29(32)31-17)16-20-11-12-22(38-20)18-7-6-8-19(30)15-18/h4-12,15-16,26H,13-14H2,1-3H3. The Labute approximate surface area is 233 Å². The molecule has 1 aliphatic heterocycles. The van der Waals surface area contributed by atoms with E-state index in [1.807, 2.05) is 36.4 Å². The normalized spacial score (nSPS) is 15.2. The molecule has 0 saturated carbocycles. The average Bonchev–Trinajstić information content (AvgIpc) is 3.52. The van der Waals surface area contributed by atoms with Gasteiger partial charge in [-0.05, 0) is 37.3 Å². The lowest BCUT2D eigenvalue weighted by molar-refractivity contribution is -0.140. The summed E-state index contributed by atoms with van der Waals surface area (Å²) in [4.78, 5) is 32.2. The molecule has 1 aliphatic rings. The lowest BCUT2D eigenvalue weighted by Gasteiger charge is -2.26. The molecule has 0 bridgehead atoms. The molecule has 39 heavy (non-hydrogen) atoms. The number of para-hydroxylation sites is 1. The van der Waals surface area contributed by atoms with Gasteiger partial charge >= 0.3 is 5.97 Å². The average molecular weight is 565 g/mol. The molecule has 0 aliphatic carbocycles. The van der Waals surface area contributed by atoms with Crippen LogP contribution in [0.15, 0.2) is 86.1 Å². The maximum atomic E-state index is 13.8. The SMILES string of the molecule is COCCOC(=O)C1=C(C)N=c2sc(=Cc3ccc(-c4cccc(Cl)c4)o3)c(=O)n2C1c1ccccc1OC. The van der Waals surface area contributed by atoms with E-state index in [4.69, 9.17) is 30.2 Å². The van der Waals surface area contributed by atoms with Crippen LogP contribution in [0, 0.1) is 0 Å². The van der Waals surface area contributed by atoms with E-state index in [-0.39, 0.29) is 24.3 Å². The Morgan fingerprint density at radius 3 is 2.72 bits per heavy atom. The molecule has 2 aromatic heterocycles. The molecule has 0 fully saturated rings. The quantitative estimate of drug-likeness (QED) is 0.233. The molecular weight excluding hydrogens is 540 g/mol. The van der Waals surface area contributed by atoms with Crippen LogP contribution in [0.1, 0.15) is 24.3 Å². The summed E-state index contributed by atoms with van der Waals surface area (Å²) in [5.74, 6) is 1.08. The van der Waals surface area contributed by atoms with Crippen LogP contribution in [0.2, 0.25) is 5.02 Å². The molecule has 10 heteroatoms. The first-order valence-electron chi connectivity index (χ1n) is 12.1. The largest absolute Gasteiger partial charge is 0.496 e. The van der Waals surface area contributed by atoms with E-state index in [0.717, 1.165) is 5.56 Å². The number of hydrogen-bond acceptors (Lipinski definition) is 8. The number of methoxy groups -OCH3 is 2. The molecule has 0 saturated heterocycles. The van der Waals surface area contributed by atoms with E-state index < -0.39 is 12.0 Å². The minimum atomic E-state index is -0.798. The van der Waals surface area contributed by atoms with Crippen molar-refractivity contribution in [1.29, 1.82) is 0 Å². The van der Waals surface area contributed by atoms with Crippen LogP contribution in [0.4, 0.5) is 0 Å². The fourth-order valence-corrected chi connectivity index (χ4v) is 5.64. The highest BCUT2D eigenvalue weighted by molar-refractivity contribution is 7.07. The van der Waals surface area contributed by atoms with E-state index in [1.165, 1.54) is 23.0 Å². The van der Waals surface area contributed by atoms with Gasteiger partial charge in [-0.15, -0.1) is 0 Å². The van der Waals surface area contributed by atoms with Gasteiger partial charge in [-0.25, -0.2) is 9.79 Å². The summed E-state index contributed by atoms with van der Waals surface area (Å²) < 4.78 is 24.0. The number of benzene rings is 2. The number of furan rings is 1. The summed E-state index contributed by atoms with van der Waals surface area (Å²) in [6.07, 6.45) is 1.67. The Morgan fingerprint density at radius 2 is 1.95 bits per heavy atom. The van der Waals surface area contributed by atoms with Crippen LogP contribution in [0.3, 0.4) is 0 Å². The van der Waals surface area contributed by atoms with E-state index in [2.05, 4.69) is 4.99 Å². The second-order valence-corrected chi connectivity index (χ2v) is 10.1. The number of fused-ring (bicyclic) bond motifs is 1. The van der Waals surface area contributed by atoms with Gasteiger partial charge in [0.1, 0.15) is 29.9 Å². The van der Waals surface area contributed by atoms with Gasteiger partial charge in [-0.3, -0.25) is 9.36 Å². The number of halogens is 1. The monoisotopic (exact) mass is 564 g/mol. The number of rotatable bonds is 8. The Hall–Kier alpha value is -3.92. The minimum absolute atomic E-state index is 0.0721. The van der Waals surface area contributed by atoms with Crippen molar-refractivity contribution in [3.63, 3.8) is 0 Å². The highest BCUT2D eigenvalue weighted by Gasteiger charge is 2.35. The number of ether oxygens (including phenoxy) is 3. The van der Waals surface area contributed by atoms with Gasteiger partial charge in [0, 0.05) is 29.3 Å². The molecule has 0 spiro atoms. The van der Waals surface area contributed by atoms with Crippen molar-refractivity contribution in [3.8, 4) is 17.1 Å². The van der Waals surface area contributed by atoms with Crippen LogP contribution in [0.25, 0.3) is 17.4 Å². The fraction of sp³-hybridized carbons (Fsp3) is 0.207. The maximum Gasteiger partial charge on any atom is 0.338 e.